The second-order valence-electron chi connectivity index (χ2n) is 3.89. The lowest BCUT2D eigenvalue weighted by atomic mass is 10.2. The molecule has 5 heteroatoms. The highest BCUT2D eigenvalue weighted by Gasteiger charge is 2.12. The number of amides is 1. The van der Waals surface area contributed by atoms with Gasteiger partial charge in [0.15, 0.2) is 0 Å². The first kappa shape index (κ1) is 14.2. The number of furan rings is 1. The van der Waals surface area contributed by atoms with Crippen LogP contribution in [0, 0.1) is 0 Å². The van der Waals surface area contributed by atoms with Crippen LogP contribution in [0.5, 0.6) is 0 Å². The molecule has 0 unspecified atom stereocenters. The van der Waals surface area contributed by atoms with Crippen molar-refractivity contribution >= 4 is 33.6 Å². The largest absolute Gasteiger partial charge is 0.458 e. The van der Waals surface area contributed by atoms with E-state index in [1.165, 1.54) is 11.8 Å². The van der Waals surface area contributed by atoms with E-state index >= 15 is 0 Å². The molecule has 0 saturated heterocycles. The summed E-state index contributed by atoms with van der Waals surface area (Å²) in [7, 11) is 0. The van der Waals surface area contributed by atoms with Crippen LogP contribution in [0.25, 0.3) is 0 Å². The van der Waals surface area contributed by atoms with Gasteiger partial charge in [0.2, 0.25) is 5.76 Å². The SMILES string of the molecule is O=C(NCCSCc1ccccc1)c1occc1Br. The number of nitrogens with one attached hydrogen (secondary N) is 1. The third-order valence-corrected chi connectivity index (χ3v) is 4.12. The summed E-state index contributed by atoms with van der Waals surface area (Å²) in [6.07, 6.45) is 1.49. The summed E-state index contributed by atoms with van der Waals surface area (Å²) < 4.78 is 5.77. The molecule has 0 spiro atoms. The molecule has 0 bridgehead atoms. The fourth-order valence-electron chi connectivity index (χ4n) is 1.54. The fourth-order valence-corrected chi connectivity index (χ4v) is 2.74. The van der Waals surface area contributed by atoms with Crippen molar-refractivity contribution in [3.8, 4) is 0 Å². The zero-order valence-electron chi connectivity index (χ0n) is 10.3. The smallest absolute Gasteiger partial charge is 0.288 e. The molecule has 0 aliphatic rings. The van der Waals surface area contributed by atoms with Crippen molar-refractivity contribution in [2.75, 3.05) is 12.3 Å². The minimum absolute atomic E-state index is 0.183. The van der Waals surface area contributed by atoms with Gasteiger partial charge in [0.05, 0.1) is 10.7 Å². The van der Waals surface area contributed by atoms with Gasteiger partial charge in [-0.25, -0.2) is 0 Å². The third kappa shape index (κ3) is 4.44. The van der Waals surface area contributed by atoms with E-state index in [4.69, 9.17) is 4.42 Å². The molecule has 2 rings (SSSR count). The Morgan fingerprint density at radius 1 is 1.26 bits per heavy atom. The first-order valence-electron chi connectivity index (χ1n) is 5.90. The van der Waals surface area contributed by atoms with Gasteiger partial charge in [-0.15, -0.1) is 0 Å². The summed E-state index contributed by atoms with van der Waals surface area (Å²) in [5, 5.41) is 2.83. The first-order valence-corrected chi connectivity index (χ1v) is 7.85. The zero-order valence-corrected chi connectivity index (χ0v) is 12.7. The summed E-state index contributed by atoms with van der Waals surface area (Å²) in [5.41, 5.74) is 1.30. The maximum absolute atomic E-state index is 11.7. The number of hydrogen-bond donors (Lipinski definition) is 1. The number of halogens is 1. The number of carbonyl (C=O) groups excluding carboxylic acids is 1. The molecule has 0 saturated carbocycles. The van der Waals surface area contributed by atoms with Gasteiger partial charge in [0.25, 0.3) is 5.91 Å². The number of rotatable bonds is 6. The van der Waals surface area contributed by atoms with Crippen molar-refractivity contribution < 1.29 is 9.21 Å². The molecule has 0 aliphatic carbocycles. The van der Waals surface area contributed by atoms with Crippen molar-refractivity contribution in [3.63, 3.8) is 0 Å². The highest BCUT2D eigenvalue weighted by atomic mass is 79.9. The van der Waals surface area contributed by atoms with Crippen molar-refractivity contribution in [2.45, 2.75) is 5.75 Å². The Morgan fingerprint density at radius 2 is 2.05 bits per heavy atom. The van der Waals surface area contributed by atoms with E-state index in [0.29, 0.717) is 16.8 Å². The summed E-state index contributed by atoms with van der Waals surface area (Å²) in [4.78, 5) is 11.7. The van der Waals surface area contributed by atoms with Crippen molar-refractivity contribution in [2.24, 2.45) is 0 Å². The summed E-state index contributed by atoms with van der Waals surface area (Å²) in [5.74, 6) is 1.98. The average Bonchev–Trinajstić information content (AvgIpc) is 2.86. The highest BCUT2D eigenvalue weighted by Crippen LogP contribution is 2.17. The molecule has 2 aromatic rings. The molecule has 1 heterocycles. The van der Waals surface area contributed by atoms with Gasteiger partial charge in [0, 0.05) is 18.1 Å². The zero-order chi connectivity index (χ0) is 13.5. The van der Waals surface area contributed by atoms with Crippen LogP contribution in [0.3, 0.4) is 0 Å². The molecule has 0 atom stereocenters. The molecule has 1 aromatic heterocycles. The predicted octanol–water partition coefficient (Wildman–Crippen LogP) is 3.71. The van der Waals surface area contributed by atoms with Crippen LogP contribution in [0.2, 0.25) is 0 Å². The van der Waals surface area contributed by atoms with Gasteiger partial charge in [0.1, 0.15) is 0 Å². The van der Waals surface area contributed by atoms with Gasteiger partial charge in [-0.2, -0.15) is 11.8 Å². The van der Waals surface area contributed by atoms with E-state index in [1.807, 2.05) is 18.2 Å². The Morgan fingerprint density at radius 3 is 2.74 bits per heavy atom. The van der Waals surface area contributed by atoms with Crippen molar-refractivity contribution in [3.05, 3.63) is 58.5 Å². The first-order chi connectivity index (χ1) is 9.27. The maximum Gasteiger partial charge on any atom is 0.288 e. The normalized spacial score (nSPS) is 10.4. The topological polar surface area (TPSA) is 42.2 Å². The van der Waals surface area contributed by atoms with Gasteiger partial charge in [-0.3, -0.25) is 4.79 Å². The summed E-state index contributed by atoms with van der Waals surface area (Å²) >= 11 is 5.05. The number of carbonyl (C=O) groups is 1. The van der Waals surface area contributed by atoms with E-state index in [2.05, 4.69) is 33.4 Å². The van der Waals surface area contributed by atoms with Crippen LogP contribution in [0.1, 0.15) is 16.1 Å². The molecule has 1 aromatic carbocycles. The molecule has 1 N–H and O–H groups in total. The minimum Gasteiger partial charge on any atom is -0.458 e. The molecule has 19 heavy (non-hydrogen) atoms. The average molecular weight is 340 g/mol. The van der Waals surface area contributed by atoms with Crippen molar-refractivity contribution in [1.29, 1.82) is 0 Å². The molecule has 0 fully saturated rings. The molecular weight excluding hydrogens is 326 g/mol. The van der Waals surface area contributed by atoms with E-state index in [-0.39, 0.29) is 5.91 Å². The number of hydrogen-bond acceptors (Lipinski definition) is 3. The Hall–Kier alpha value is -1.20. The second-order valence-corrected chi connectivity index (χ2v) is 5.85. The summed E-state index contributed by atoms with van der Waals surface area (Å²) in [6, 6.07) is 12.0. The van der Waals surface area contributed by atoms with Crippen molar-refractivity contribution in [1.82, 2.24) is 5.32 Å². The van der Waals surface area contributed by atoms with E-state index in [9.17, 15) is 4.79 Å². The lowest BCUT2D eigenvalue weighted by Crippen LogP contribution is -2.25. The lowest BCUT2D eigenvalue weighted by molar-refractivity contribution is 0.0927. The van der Waals surface area contributed by atoms with Crippen LogP contribution >= 0.6 is 27.7 Å². The predicted molar refractivity (Wildman–Crippen MR) is 81.3 cm³/mol. The minimum atomic E-state index is -0.183. The van der Waals surface area contributed by atoms with Crippen LogP contribution in [0.15, 0.2) is 51.6 Å². The van der Waals surface area contributed by atoms with Gasteiger partial charge in [-0.1, -0.05) is 30.3 Å². The van der Waals surface area contributed by atoms with Gasteiger partial charge < -0.3 is 9.73 Å². The van der Waals surface area contributed by atoms with E-state index in [0.717, 1.165) is 11.5 Å². The van der Waals surface area contributed by atoms with Crippen LogP contribution in [0.4, 0.5) is 0 Å². The van der Waals surface area contributed by atoms with Crippen LogP contribution in [-0.4, -0.2) is 18.2 Å². The van der Waals surface area contributed by atoms with E-state index in [1.54, 1.807) is 17.8 Å². The summed E-state index contributed by atoms with van der Waals surface area (Å²) in [6.45, 7) is 0.628. The Bertz CT molecular complexity index is 527. The second kappa shape index (κ2) is 7.40. The fraction of sp³-hybridized carbons (Fsp3) is 0.214. The quantitative estimate of drug-likeness (QED) is 0.816. The Labute approximate surface area is 124 Å². The molecule has 100 valence electrons. The maximum atomic E-state index is 11.7. The van der Waals surface area contributed by atoms with Crippen LogP contribution < -0.4 is 5.32 Å². The Balaban J connectivity index is 1.65. The number of thioether (sulfide) groups is 1. The van der Waals surface area contributed by atoms with Gasteiger partial charge in [-0.05, 0) is 27.6 Å². The third-order valence-electron chi connectivity index (χ3n) is 2.47. The number of benzene rings is 1. The molecular formula is C14H14BrNO2S. The molecule has 0 radical (unpaired) electrons. The van der Waals surface area contributed by atoms with Crippen LogP contribution in [-0.2, 0) is 5.75 Å². The lowest BCUT2D eigenvalue weighted by Gasteiger charge is -2.04. The molecule has 0 aliphatic heterocycles. The standard InChI is InChI=1S/C14H14BrNO2S/c15-12-6-8-18-13(12)14(17)16-7-9-19-10-11-4-2-1-3-5-11/h1-6,8H,7,9-10H2,(H,16,17). The van der Waals surface area contributed by atoms with E-state index < -0.39 is 0 Å². The van der Waals surface area contributed by atoms with Gasteiger partial charge >= 0.3 is 0 Å². The highest BCUT2D eigenvalue weighted by molar-refractivity contribution is 9.10. The monoisotopic (exact) mass is 339 g/mol. The molecule has 1 amide bonds. The Kier molecular flexibility index (Phi) is 5.54. The molecule has 3 nitrogen and oxygen atoms in total.